The zero-order valence-electron chi connectivity index (χ0n) is 8.37. The Labute approximate surface area is 87.6 Å². The largest absolute Gasteiger partial charge is 0.344 e. The first kappa shape index (κ1) is 13.2. The van der Waals surface area contributed by atoms with Gasteiger partial charge in [-0.1, -0.05) is 6.92 Å². The van der Waals surface area contributed by atoms with E-state index in [0.717, 1.165) is 5.75 Å². The molecule has 0 fully saturated rings. The van der Waals surface area contributed by atoms with Crippen LogP contribution < -0.4 is 10.8 Å². The first-order valence-corrected chi connectivity index (χ1v) is 5.77. The number of hydrogen-bond acceptors (Lipinski definition) is 4. The monoisotopic (exact) mass is 220 g/mol. The SMILES string of the molecule is CCC(=O)N[C@@H](CCSC)C(=O)NO. The lowest BCUT2D eigenvalue weighted by Gasteiger charge is -2.15. The molecule has 0 radical (unpaired) electrons. The van der Waals surface area contributed by atoms with Gasteiger partial charge >= 0.3 is 0 Å². The molecule has 0 aromatic carbocycles. The minimum Gasteiger partial charge on any atom is -0.344 e. The highest BCUT2D eigenvalue weighted by atomic mass is 32.2. The van der Waals surface area contributed by atoms with E-state index in [1.165, 1.54) is 0 Å². The van der Waals surface area contributed by atoms with Gasteiger partial charge < -0.3 is 5.32 Å². The van der Waals surface area contributed by atoms with Gasteiger partial charge in [0.05, 0.1) is 0 Å². The van der Waals surface area contributed by atoms with Crippen molar-refractivity contribution in [1.29, 1.82) is 0 Å². The number of hydrogen-bond donors (Lipinski definition) is 3. The second kappa shape index (κ2) is 7.64. The number of hydroxylamine groups is 1. The second-order valence-corrected chi connectivity index (χ2v) is 3.72. The van der Waals surface area contributed by atoms with Gasteiger partial charge in [0.2, 0.25) is 5.91 Å². The van der Waals surface area contributed by atoms with Crippen LogP contribution in [0.25, 0.3) is 0 Å². The maximum absolute atomic E-state index is 11.1. The van der Waals surface area contributed by atoms with Gasteiger partial charge in [-0.15, -0.1) is 0 Å². The van der Waals surface area contributed by atoms with E-state index in [4.69, 9.17) is 5.21 Å². The Bertz CT molecular complexity index is 199. The lowest BCUT2D eigenvalue weighted by molar-refractivity contribution is -0.134. The minimum absolute atomic E-state index is 0.195. The van der Waals surface area contributed by atoms with Crippen molar-refractivity contribution < 1.29 is 14.8 Å². The first-order valence-electron chi connectivity index (χ1n) is 4.38. The van der Waals surface area contributed by atoms with Crippen LogP contribution in [0.3, 0.4) is 0 Å². The lowest BCUT2D eigenvalue weighted by atomic mass is 10.2. The van der Waals surface area contributed by atoms with Crippen LogP contribution in [0.15, 0.2) is 0 Å². The molecule has 0 aromatic heterocycles. The molecule has 0 aromatic rings. The lowest BCUT2D eigenvalue weighted by Crippen LogP contribution is -2.46. The maximum Gasteiger partial charge on any atom is 0.265 e. The summed E-state index contributed by atoms with van der Waals surface area (Å²) in [6, 6.07) is -0.639. The highest BCUT2D eigenvalue weighted by Gasteiger charge is 2.18. The van der Waals surface area contributed by atoms with E-state index in [-0.39, 0.29) is 5.91 Å². The standard InChI is InChI=1S/C8H16N2O3S/c1-3-7(11)9-6(4-5-14-2)8(12)10-13/h6,13H,3-5H2,1-2H3,(H,9,11)(H,10,12)/t6-/m0/s1. The summed E-state index contributed by atoms with van der Waals surface area (Å²) in [5.74, 6) is -0.0113. The Balaban J connectivity index is 4.09. The molecule has 0 spiro atoms. The molecule has 2 amide bonds. The molecule has 0 aliphatic carbocycles. The third-order valence-corrected chi connectivity index (χ3v) is 2.34. The number of carbonyl (C=O) groups is 2. The summed E-state index contributed by atoms with van der Waals surface area (Å²) in [5.41, 5.74) is 1.54. The van der Waals surface area contributed by atoms with Crippen LogP contribution in [0.4, 0.5) is 0 Å². The topological polar surface area (TPSA) is 78.4 Å². The number of amides is 2. The molecule has 14 heavy (non-hydrogen) atoms. The van der Waals surface area contributed by atoms with Crippen LogP contribution in [0.1, 0.15) is 19.8 Å². The molecular weight excluding hydrogens is 204 g/mol. The summed E-state index contributed by atoms with van der Waals surface area (Å²) in [6.07, 6.45) is 2.75. The van der Waals surface area contributed by atoms with Crippen LogP contribution in [0, 0.1) is 0 Å². The average molecular weight is 220 g/mol. The average Bonchev–Trinajstić information content (AvgIpc) is 2.22. The van der Waals surface area contributed by atoms with E-state index in [2.05, 4.69) is 5.32 Å². The number of nitrogens with one attached hydrogen (secondary N) is 2. The minimum atomic E-state index is -0.639. The molecule has 0 rings (SSSR count). The maximum atomic E-state index is 11.1. The van der Waals surface area contributed by atoms with Crippen molar-refractivity contribution in [2.24, 2.45) is 0 Å². The zero-order chi connectivity index (χ0) is 11.0. The Morgan fingerprint density at radius 1 is 1.50 bits per heavy atom. The van der Waals surface area contributed by atoms with E-state index in [0.29, 0.717) is 12.8 Å². The van der Waals surface area contributed by atoms with Crippen LogP contribution in [0.2, 0.25) is 0 Å². The van der Waals surface area contributed by atoms with Crippen molar-refractivity contribution in [3.63, 3.8) is 0 Å². The molecule has 6 heteroatoms. The van der Waals surface area contributed by atoms with Gasteiger partial charge in [-0.3, -0.25) is 14.8 Å². The van der Waals surface area contributed by atoms with Crippen LogP contribution in [0.5, 0.6) is 0 Å². The number of carbonyl (C=O) groups excluding carboxylic acids is 2. The van der Waals surface area contributed by atoms with Crippen molar-refractivity contribution in [2.45, 2.75) is 25.8 Å². The van der Waals surface area contributed by atoms with E-state index in [1.54, 1.807) is 24.2 Å². The molecule has 3 N–H and O–H groups in total. The fourth-order valence-electron chi connectivity index (χ4n) is 0.879. The summed E-state index contributed by atoms with van der Waals surface area (Å²) >= 11 is 1.58. The number of thioether (sulfide) groups is 1. The molecule has 0 aliphatic heterocycles. The van der Waals surface area contributed by atoms with E-state index in [1.807, 2.05) is 6.26 Å². The van der Waals surface area contributed by atoms with E-state index < -0.39 is 11.9 Å². The fraction of sp³-hybridized carbons (Fsp3) is 0.750. The van der Waals surface area contributed by atoms with Crippen molar-refractivity contribution in [2.75, 3.05) is 12.0 Å². The van der Waals surface area contributed by atoms with Crippen molar-refractivity contribution in [1.82, 2.24) is 10.8 Å². The van der Waals surface area contributed by atoms with E-state index in [9.17, 15) is 9.59 Å². The van der Waals surface area contributed by atoms with Gasteiger partial charge in [-0.05, 0) is 18.4 Å². The van der Waals surface area contributed by atoms with Gasteiger partial charge in [0.25, 0.3) is 5.91 Å². The molecule has 0 saturated heterocycles. The van der Waals surface area contributed by atoms with Crippen LogP contribution in [-0.2, 0) is 9.59 Å². The quantitative estimate of drug-likeness (QED) is 0.439. The number of rotatable bonds is 6. The van der Waals surface area contributed by atoms with Gasteiger partial charge in [-0.2, -0.15) is 11.8 Å². The fourth-order valence-corrected chi connectivity index (χ4v) is 1.35. The molecule has 0 saturated carbocycles. The van der Waals surface area contributed by atoms with E-state index >= 15 is 0 Å². The third-order valence-electron chi connectivity index (χ3n) is 1.69. The molecular formula is C8H16N2O3S. The van der Waals surface area contributed by atoms with Gasteiger partial charge in [0.1, 0.15) is 6.04 Å². The third kappa shape index (κ3) is 5.08. The predicted molar refractivity (Wildman–Crippen MR) is 55.1 cm³/mol. The summed E-state index contributed by atoms with van der Waals surface area (Å²) in [4.78, 5) is 22.1. The Morgan fingerprint density at radius 2 is 2.14 bits per heavy atom. The summed E-state index contributed by atoms with van der Waals surface area (Å²) in [5, 5.41) is 11.0. The summed E-state index contributed by atoms with van der Waals surface area (Å²) < 4.78 is 0. The molecule has 1 atom stereocenters. The molecule has 5 nitrogen and oxygen atoms in total. The second-order valence-electron chi connectivity index (χ2n) is 2.73. The molecule has 82 valence electrons. The van der Waals surface area contributed by atoms with Gasteiger partial charge in [0.15, 0.2) is 0 Å². The normalized spacial score (nSPS) is 11.9. The van der Waals surface area contributed by atoms with Gasteiger partial charge in [0, 0.05) is 6.42 Å². The van der Waals surface area contributed by atoms with Crippen LogP contribution >= 0.6 is 11.8 Å². The van der Waals surface area contributed by atoms with Crippen molar-refractivity contribution >= 4 is 23.6 Å². The smallest absolute Gasteiger partial charge is 0.265 e. The van der Waals surface area contributed by atoms with Crippen LogP contribution in [-0.4, -0.2) is 35.1 Å². The molecule has 0 heterocycles. The Morgan fingerprint density at radius 3 is 2.57 bits per heavy atom. The Kier molecular flexibility index (Phi) is 7.23. The highest BCUT2D eigenvalue weighted by Crippen LogP contribution is 2.01. The summed E-state index contributed by atoms with van der Waals surface area (Å²) in [7, 11) is 0. The molecule has 0 bridgehead atoms. The van der Waals surface area contributed by atoms with Crippen molar-refractivity contribution in [3.8, 4) is 0 Å². The Hall–Kier alpha value is -0.750. The zero-order valence-corrected chi connectivity index (χ0v) is 9.19. The highest BCUT2D eigenvalue weighted by molar-refractivity contribution is 7.98. The van der Waals surface area contributed by atoms with Crippen molar-refractivity contribution in [3.05, 3.63) is 0 Å². The predicted octanol–water partition coefficient (Wildman–Crippen LogP) is 0.140. The molecule has 0 aliphatic rings. The van der Waals surface area contributed by atoms with Gasteiger partial charge in [-0.25, -0.2) is 5.48 Å². The summed E-state index contributed by atoms with van der Waals surface area (Å²) in [6.45, 7) is 1.71. The molecule has 0 unspecified atom stereocenters. The first-order chi connectivity index (χ1) is 6.65.